The van der Waals surface area contributed by atoms with Crippen LogP contribution in [0.5, 0.6) is 0 Å². The molecule has 0 amide bonds. The SMILES string of the molecule is Cc1cccc2c(N3CCN(CCO)CC3)c(C#N)cnc12. The van der Waals surface area contributed by atoms with E-state index in [9.17, 15) is 5.26 Å². The standard InChI is InChI=1S/C17H20N4O/c1-13-3-2-4-15-16(13)19-12-14(11-18)17(15)21-7-5-20(6-8-21)9-10-22/h2-4,12,22H,5-10H2,1H3. The largest absolute Gasteiger partial charge is 0.395 e. The number of fused-ring (bicyclic) bond motifs is 1. The van der Waals surface area contributed by atoms with Gasteiger partial charge in [-0.25, -0.2) is 0 Å². The van der Waals surface area contributed by atoms with Crippen molar-refractivity contribution in [1.82, 2.24) is 9.88 Å². The summed E-state index contributed by atoms with van der Waals surface area (Å²) in [7, 11) is 0. The minimum atomic E-state index is 0.195. The van der Waals surface area contributed by atoms with Gasteiger partial charge in [-0.2, -0.15) is 5.26 Å². The zero-order valence-electron chi connectivity index (χ0n) is 12.8. The van der Waals surface area contributed by atoms with Gasteiger partial charge in [0, 0.05) is 44.3 Å². The van der Waals surface area contributed by atoms with Gasteiger partial charge in [0.15, 0.2) is 0 Å². The van der Waals surface area contributed by atoms with E-state index in [0.29, 0.717) is 5.56 Å². The number of rotatable bonds is 3. The van der Waals surface area contributed by atoms with Crippen molar-refractivity contribution in [2.24, 2.45) is 0 Å². The van der Waals surface area contributed by atoms with Gasteiger partial charge in [0.1, 0.15) is 6.07 Å². The molecule has 2 aromatic rings. The molecule has 5 nitrogen and oxygen atoms in total. The van der Waals surface area contributed by atoms with Gasteiger partial charge in [0.25, 0.3) is 0 Å². The number of aryl methyl sites for hydroxylation is 1. The van der Waals surface area contributed by atoms with Crippen LogP contribution in [0.2, 0.25) is 0 Å². The van der Waals surface area contributed by atoms with Crippen LogP contribution in [0.1, 0.15) is 11.1 Å². The van der Waals surface area contributed by atoms with Gasteiger partial charge in [0.2, 0.25) is 0 Å². The van der Waals surface area contributed by atoms with E-state index in [1.54, 1.807) is 6.20 Å². The number of anilines is 1. The number of aliphatic hydroxyl groups is 1. The lowest BCUT2D eigenvalue weighted by molar-refractivity contribution is 0.189. The quantitative estimate of drug-likeness (QED) is 0.930. The maximum absolute atomic E-state index is 9.45. The van der Waals surface area contributed by atoms with Gasteiger partial charge in [-0.05, 0) is 12.5 Å². The van der Waals surface area contributed by atoms with Crippen molar-refractivity contribution in [3.05, 3.63) is 35.5 Å². The molecule has 1 aliphatic heterocycles. The Morgan fingerprint density at radius 3 is 2.73 bits per heavy atom. The van der Waals surface area contributed by atoms with Crippen LogP contribution in [-0.2, 0) is 0 Å². The van der Waals surface area contributed by atoms with Crippen LogP contribution in [-0.4, -0.2) is 54.3 Å². The summed E-state index contributed by atoms with van der Waals surface area (Å²) in [4.78, 5) is 8.98. The molecule has 0 atom stereocenters. The molecule has 114 valence electrons. The normalized spacial score (nSPS) is 16.0. The Morgan fingerprint density at radius 1 is 1.27 bits per heavy atom. The van der Waals surface area contributed by atoms with Crippen LogP contribution in [0, 0.1) is 18.3 Å². The first kappa shape index (κ1) is 14.8. The number of aliphatic hydroxyl groups excluding tert-OH is 1. The highest BCUT2D eigenvalue weighted by Crippen LogP contribution is 2.31. The molecule has 1 saturated heterocycles. The number of hydrogen-bond acceptors (Lipinski definition) is 5. The first-order chi connectivity index (χ1) is 10.7. The van der Waals surface area contributed by atoms with Gasteiger partial charge >= 0.3 is 0 Å². The summed E-state index contributed by atoms with van der Waals surface area (Å²) in [5.74, 6) is 0. The van der Waals surface area contributed by atoms with E-state index >= 15 is 0 Å². The molecule has 1 N–H and O–H groups in total. The van der Waals surface area contributed by atoms with E-state index in [2.05, 4.69) is 20.9 Å². The Hall–Kier alpha value is -2.16. The van der Waals surface area contributed by atoms with Gasteiger partial charge in [-0.3, -0.25) is 9.88 Å². The fourth-order valence-electron chi connectivity index (χ4n) is 3.12. The molecule has 22 heavy (non-hydrogen) atoms. The van der Waals surface area contributed by atoms with Crippen molar-refractivity contribution in [1.29, 1.82) is 5.26 Å². The zero-order valence-corrected chi connectivity index (χ0v) is 12.8. The lowest BCUT2D eigenvalue weighted by Gasteiger charge is -2.36. The summed E-state index contributed by atoms with van der Waals surface area (Å²) in [6.07, 6.45) is 1.69. The number of aromatic nitrogens is 1. The fraction of sp³-hybridized carbons (Fsp3) is 0.412. The Morgan fingerprint density at radius 2 is 2.05 bits per heavy atom. The minimum absolute atomic E-state index is 0.195. The van der Waals surface area contributed by atoms with E-state index in [4.69, 9.17) is 5.11 Å². The van der Waals surface area contributed by atoms with Gasteiger partial charge in [0.05, 0.1) is 23.4 Å². The summed E-state index contributed by atoms with van der Waals surface area (Å²) in [5.41, 5.74) is 3.73. The molecule has 2 heterocycles. The molecular weight excluding hydrogens is 276 g/mol. The van der Waals surface area contributed by atoms with Crippen LogP contribution in [0.15, 0.2) is 24.4 Å². The van der Waals surface area contributed by atoms with Crippen LogP contribution < -0.4 is 4.90 Å². The smallest absolute Gasteiger partial charge is 0.103 e. The molecule has 0 saturated carbocycles. The highest BCUT2D eigenvalue weighted by atomic mass is 16.3. The maximum atomic E-state index is 9.45. The molecule has 1 aromatic carbocycles. The average Bonchev–Trinajstić information content (AvgIpc) is 2.55. The van der Waals surface area contributed by atoms with Crippen LogP contribution in [0.4, 0.5) is 5.69 Å². The molecule has 0 aliphatic carbocycles. The topological polar surface area (TPSA) is 63.4 Å². The monoisotopic (exact) mass is 296 g/mol. The fourth-order valence-corrected chi connectivity index (χ4v) is 3.12. The number of para-hydroxylation sites is 1. The first-order valence-electron chi connectivity index (χ1n) is 7.61. The van der Waals surface area contributed by atoms with Crippen molar-refractivity contribution in [2.45, 2.75) is 6.92 Å². The second-order valence-corrected chi connectivity index (χ2v) is 5.66. The predicted molar refractivity (Wildman–Crippen MR) is 86.9 cm³/mol. The first-order valence-corrected chi connectivity index (χ1v) is 7.61. The Labute approximate surface area is 130 Å². The highest BCUT2D eigenvalue weighted by Gasteiger charge is 2.21. The minimum Gasteiger partial charge on any atom is -0.395 e. The van der Waals surface area contributed by atoms with Crippen LogP contribution in [0.25, 0.3) is 10.9 Å². The molecule has 5 heteroatoms. The number of nitriles is 1. The summed E-state index contributed by atoms with van der Waals surface area (Å²) >= 11 is 0. The van der Waals surface area contributed by atoms with Crippen molar-refractivity contribution >= 4 is 16.6 Å². The van der Waals surface area contributed by atoms with Gasteiger partial charge < -0.3 is 10.0 Å². The van der Waals surface area contributed by atoms with Crippen molar-refractivity contribution in [2.75, 3.05) is 44.2 Å². The van der Waals surface area contributed by atoms with Crippen molar-refractivity contribution < 1.29 is 5.11 Å². The third-order valence-electron chi connectivity index (χ3n) is 4.30. The number of nitrogens with zero attached hydrogens (tertiary/aromatic N) is 4. The predicted octanol–water partition coefficient (Wildman–Crippen LogP) is 1.53. The molecular formula is C17H20N4O. The Kier molecular flexibility index (Phi) is 4.23. The molecule has 3 rings (SSSR count). The number of β-amino-alcohol motifs (C(OH)–C–C–N with tert-alkyl or cyclic N) is 1. The second kappa shape index (κ2) is 6.30. The van der Waals surface area contributed by atoms with E-state index in [1.165, 1.54) is 0 Å². The maximum Gasteiger partial charge on any atom is 0.103 e. The highest BCUT2D eigenvalue weighted by molar-refractivity contribution is 5.96. The molecule has 1 fully saturated rings. The Balaban J connectivity index is 1.99. The molecule has 0 spiro atoms. The van der Waals surface area contributed by atoms with E-state index in [1.807, 2.05) is 25.1 Å². The summed E-state index contributed by atoms with van der Waals surface area (Å²) in [6.45, 7) is 6.49. The van der Waals surface area contributed by atoms with Crippen LogP contribution in [0.3, 0.4) is 0 Å². The number of hydrogen-bond donors (Lipinski definition) is 1. The zero-order chi connectivity index (χ0) is 15.5. The number of piperazine rings is 1. The van der Waals surface area contributed by atoms with E-state index in [-0.39, 0.29) is 6.61 Å². The molecule has 0 radical (unpaired) electrons. The lowest BCUT2D eigenvalue weighted by atomic mass is 10.0. The van der Waals surface area contributed by atoms with Crippen molar-refractivity contribution in [3.63, 3.8) is 0 Å². The third-order valence-corrected chi connectivity index (χ3v) is 4.30. The number of benzene rings is 1. The number of pyridine rings is 1. The summed E-state index contributed by atoms with van der Waals surface area (Å²) in [6, 6.07) is 8.40. The third kappa shape index (κ3) is 2.63. The summed E-state index contributed by atoms with van der Waals surface area (Å²) in [5, 5.41) is 19.6. The van der Waals surface area contributed by atoms with Crippen LogP contribution >= 0.6 is 0 Å². The van der Waals surface area contributed by atoms with Gasteiger partial charge in [-0.15, -0.1) is 0 Å². The molecule has 0 bridgehead atoms. The molecule has 0 unspecified atom stereocenters. The van der Waals surface area contributed by atoms with Gasteiger partial charge in [-0.1, -0.05) is 18.2 Å². The average molecular weight is 296 g/mol. The lowest BCUT2D eigenvalue weighted by Crippen LogP contribution is -2.47. The molecule has 1 aliphatic rings. The molecule has 1 aromatic heterocycles. The van der Waals surface area contributed by atoms with Crippen molar-refractivity contribution in [3.8, 4) is 6.07 Å². The summed E-state index contributed by atoms with van der Waals surface area (Å²) < 4.78 is 0. The second-order valence-electron chi connectivity index (χ2n) is 5.66. The van der Waals surface area contributed by atoms with E-state index < -0.39 is 0 Å². The Bertz CT molecular complexity index is 714. The van der Waals surface area contributed by atoms with E-state index in [0.717, 1.165) is 54.9 Å².